The van der Waals surface area contributed by atoms with Crippen LogP contribution >= 0.6 is 0 Å². The average molecular weight is 321 g/mol. The van der Waals surface area contributed by atoms with E-state index in [1.54, 1.807) is 30.7 Å². The molecule has 7 heteroatoms. The molecule has 120 valence electrons. The fourth-order valence-electron chi connectivity index (χ4n) is 3.08. The first-order valence-corrected chi connectivity index (χ1v) is 7.66. The molecule has 0 bridgehead atoms. The molecule has 0 radical (unpaired) electrons. The second kappa shape index (κ2) is 5.77. The summed E-state index contributed by atoms with van der Waals surface area (Å²) in [7, 11) is 0. The Morgan fingerprint density at radius 1 is 1.29 bits per heavy atom. The predicted molar refractivity (Wildman–Crippen MR) is 89.0 cm³/mol. The molecule has 2 aromatic heterocycles. The van der Waals surface area contributed by atoms with Gasteiger partial charge in [-0.2, -0.15) is 0 Å². The Kier molecular flexibility index (Phi) is 3.45. The van der Waals surface area contributed by atoms with Gasteiger partial charge in [0.05, 0.1) is 12.4 Å². The van der Waals surface area contributed by atoms with Gasteiger partial charge in [-0.1, -0.05) is 12.1 Å². The van der Waals surface area contributed by atoms with Crippen molar-refractivity contribution in [3.8, 4) is 11.1 Å². The van der Waals surface area contributed by atoms with Crippen LogP contribution in [0.4, 0.5) is 5.69 Å². The summed E-state index contributed by atoms with van der Waals surface area (Å²) >= 11 is 0. The molecule has 1 aliphatic rings. The largest absolute Gasteiger partial charge is 0.349 e. The first-order chi connectivity index (χ1) is 11.7. The van der Waals surface area contributed by atoms with Gasteiger partial charge in [-0.05, 0) is 28.9 Å². The third-order valence-corrected chi connectivity index (χ3v) is 4.27. The summed E-state index contributed by atoms with van der Waals surface area (Å²) in [5.74, 6) is -0.0909. The number of benzene rings is 1. The van der Waals surface area contributed by atoms with E-state index in [1.165, 1.54) is 0 Å². The van der Waals surface area contributed by atoms with Crippen LogP contribution in [-0.2, 0) is 6.42 Å². The summed E-state index contributed by atoms with van der Waals surface area (Å²) in [6.07, 6.45) is 6.15. The molecule has 1 aromatic carbocycles. The van der Waals surface area contributed by atoms with Gasteiger partial charge < -0.3 is 14.9 Å². The lowest BCUT2D eigenvalue weighted by Crippen LogP contribution is -2.39. The number of fused-ring (bicyclic) bond motifs is 1. The average Bonchev–Trinajstić information content (AvgIpc) is 3.27. The van der Waals surface area contributed by atoms with Crippen LogP contribution in [0.1, 0.15) is 22.2 Å². The van der Waals surface area contributed by atoms with Crippen LogP contribution in [0.5, 0.6) is 0 Å². The lowest BCUT2D eigenvalue weighted by molar-refractivity contribution is 0.0914. The molecule has 24 heavy (non-hydrogen) atoms. The van der Waals surface area contributed by atoms with Crippen molar-refractivity contribution in [3.05, 3.63) is 65.3 Å². The zero-order valence-electron chi connectivity index (χ0n) is 12.8. The van der Waals surface area contributed by atoms with E-state index in [2.05, 4.69) is 20.5 Å². The maximum Gasteiger partial charge on any atom is 0.268 e. The molecular weight excluding hydrogens is 306 g/mol. The highest BCUT2D eigenvalue weighted by Crippen LogP contribution is 2.29. The Bertz CT molecular complexity index is 898. The summed E-state index contributed by atoms with van der Waals surface area (Å²) in [5.41, 5.74) is 3.76. The van der Waals surface area contributed by atoms with Crippen molar-refractivity contribution in [2.45, 2.75) is 12.5 Å². The molecule has 3 aromatic rings. The number of H-pyrrole nitrogens is 1. The number of imidazole rings is 1. The van der Waals surface area contributed by atoms with Crippen LogP contribution in [-0.4, -0.2) is 27.0 Å². The van der Waals surface area contributed by atoms with E-state index in [1.807, 2.05) is 22.9 Å². The minimum absolute atomic E-state index is 0.0909. The molecule has 0 fully saturated rings. The van der Waals surface area contributed by atoms with Gasteiger partial charge in [-0.25, -0.2) is 4.98 Å². The first kappa shape index (κ1) is 14.4. The van der Waals surface area contributed by atoms with Crippen molar-refractivity contribution in [1.29, 1.82) is 0 Å². The highest BCUT2D eigenvalue weighted by molar-refractivity contribution is 5.95. The van der Waals surface area contributed by atoms with Crippen LogP contribution in [0.3, 0.4) is 0 Å². The molecule has 0 unspecified atom stereocenters. The first-order valence-electron chi connectivity index (χ1n) is 7.66. The number of nitrogens with one attached hydrogen (secondary N) is 2. The zero-order valence-corrected chi connectivity index (χ0v) is 12.8. The molecule has 0 aliphatic carbocycles. The molecule has 3 heterocycles. The summed E-state index contributed by atoms with van der Waals surface area (Å²) in [5, 5.41) is 5.90. The summed E-state index contributed by atoms with van der Waals surface area (Å²) in [6, 6.07) is 9.01. The number of amides is 1. The highest BCUT2D eigenvalue weighted by atomic mass is 16.3. The lowest BCUT2D eigenvalue weighted by Gasteiger charge is -2.26. The van der Waals surface area contributed by atoms with Crippen LogP contribution in [0, 0.1) is 4.91 Å². The van der Waals surface area contributed by atoms with E-state index >= 15 is 0 Å². The second-order valence-corrected chi connectivity index (χ2v) is 5.81. The number of carbonyl (C=O) groups is 1. The van der Waals surface area contributed by atoms with E-state index in [0.29, 0.717) is 17.9 Å². The lowest BCUT2D eigenvalue weighted by atomic mass is 10.1. The molecule has 4 rings (SSSR count). The Morgan fingerprint density at radius 3 is 3.00 bits per heavy atom. The minimum atomic E-state index is -0.0909. The number of nitrogens with zero attached hydrogens (tertiary/aromatic N) is 3. The predicted octanol–water partition coefficient (Wildman–Crippen LogP) is 2.80. The third kappa shape index (κ3) is 2.50. The molecule has 2 N–H and O–H groups in total. The van der Waals surface area contributed by atoms with Crippen molar-refractivity contribution >= 4 is 11.6 Å². The van der Waals surface area contributed by atoms with Gasteiger partial charge in [0.2, 0.25) is 0 Å². The topological polar surface area (TPSA) is 92.1 Å². The number of aromatic nitrogens is 3. The highest BCUT2D eigenvalue weighted by Gasteiger charge is 2.26. The fourth-order valence-corrected chi connectivity index (χ4v) is 3.08. The van der Waals surface area contributed by atoms with E-state index in [0.717, 1.165) is 23.2 Å². The van der Waals surface area contributed by atoms with Gasteiger partial charge in [-0.15, -0.1) is 4.91 Å². The number of hydrogen-bond acceptors (Lipinski definition) is 4. The van der Waals surface area contributed by atoms with E-state index in [9.17, 15) is 9.70 Å². The normalized spacial score (nSPS) is 16.5. The van der Waals surface area contributed by atoms with Crippen LogP contribution in [0.2, 0.25) is 0 Å². The monoisotopic (exact) mass is 321 g/mol. The van der Waals surface area contributed by atoms with Crippen molar-refractivity contribution in [2.75, 3.05) is 6.54 Å². The molecular formula is C17H15N5O2. The van der Waals surface area contributed by atoms with Gasteiger partial charge in [0, 0.05) is 36.6 Å². The number of hydrogen-bond donors (Lipinski definition) is 2. The Labute approximate surface area is 137 Å². The molecule has 7 nitrogen and oxygen atoms in total. The standard InChI is InChI=1S/C17H15N5O2/c23-17-16-5-12(11-2-1-3-13(4-11)21-24)9-22(16)15(8-19-17)6-14-7-18-10-20-14/h1-5,7,9-10,15H,6,8H2,(H,18,20)(H,19,23)/t15-/m0/s1. The number of carbonyl (C=O) groups excluding carboxylic acids is 1. The zero-order chi connectivity index (χ0) is 16.5. The van der Waals surface area contributed by atoms with Gasteiger partial charge in [0.25, 0.3) is 5.91 Å². The Hall–Kier alpha value is -3.22. The molecule has 0 saturated carbocycles. The number of nitroso groups, excluding NO2 is 1. The van der Waals surface area contributed by atoms with Crippen molar-refractivity contribution < 1.29 is 4.79 Å². The number of aromatic amines is 1. The fraction of sp³-hybridized carbons (Fsp3) is 0.176. The van der Waals surface area contributed by atoms with Gasteiger partial charge in [0.1, 0.15) is 11.4 Å². The van der Waals surface area contributed by atoms with Crippen molar-refractivity contribution in [2.24, 2.45) is 5.18 Å². The van der Waals surface area contributed by atoms with Crippen LogP contribution < -0.4 is 5.32 Å². The van der Waals surface area contributed by atoms with Crippen LogP contribution in [0.25, 0.3) is 11.1 Å². The van der Waals surface area contributed by atoms with E-state index < -0.39 is 0 Å². The molecule has 1 amide bonds. The summed E-state index contributed by atoms with van der Waals surface area (Å²) < 4.78 is 2.00. The van der Waals surface area contributed by atoms with Crippen LogP contribution in [0.15, 0.2) is 54.2 Å². The Balaban J connectivity index is 1.72. The van der Waals surface area contributed by atoms with Gasteiger partial charge >= 0.3 is 0 Å². The molecule has 0 saturated heterocycles. The van der Waals surface area contributed by atoms with Gasteiger partial charge in [0.15, 0.2) is 0 Å². The molecule has 1 aliphatic heterocycles. The molecule has 1 atom stereocenters. The Morgan fingerprint density at radius 2 is 2.21 bits per heavy atom. The summed E-state index contributed by atoms with van der Waals surface area (Å²) in [6.45, 7) is 0.564. The van der Waals surface area contributed by atoms with Gasteiger partial charge in [-0.3, -0.25) is 4.79 Å². The third-order valence-electron chi connectivity index (χ3n) is 4.27. The maximum absolute atomic E-state index is 12.2. The van der Waals surface area contributed by atoms with E-state index in [4.69, 9.17) is 0 Å². The van der Waals surface area contributed by atoms with Crippen molar-refractivity contribution in [1.82, 2.24) is 19.9 Å². The quantitative estimate of drug-likeness (QED) is 0.724. The SMILES string of the molecule is O=Nc1cccc(-c2cc3n(c2)[C@@H](Cc2cnc[nH]2)CNC3=O)c1. The molecule has 0 spiro atoms. The second-order valence-electron chi connectivity index (χ2n) is 5.81. The smallest absolute Gasteiger partial charge is 0.268 e. The summed E-state index contributed by atoms with van der Waals surface area (Å²) in [4.78, 5) is 30.1. The number of rotatable bonds is 4. The van der Waals surface area contributed by atoms with Crippen molar-refractivity contribution in [3.63, 3.8) is 0 Å². The minimum Gasteiger partial charge on any atom is -0.349 e. The van der Waals surface area contributed by atoms with E-state index in [-0.39, 0.29) is 11.9 Å². The maximum atomic E-state index is 12.2.